The lowest BCUT2D eigenvalue weighted by Gasteiger charge is -2.34. The lowest BCUT2D eigenvalue weighted by atomic mass is 10.2. The number of carbonyl (C=O) groups excluding carboxylic acids is 1. The molecule has 3 aromatic heterocycles. The minimum absolute atomic E-state index is 0.125. The Bertz CT molecular complexity index is 1190. The predicted molar refractivity (Wildman–Crippen MR) is 130 cm³/mol. The Morgan fingerprint density at radius 1 is 0.912 bits per heavy atom. The van der Waals surface area contributed by atoms with Gasteiger partial charge in [-0.1, -0.05) is 48.2 Å². The van der Waals surface area contributed by atoms with Crippen molar-refractivity contribution < 1.29 is 9.21 Å². The van der Waals surface area contributed by atoms with Gasteiger partial charge in [-0.2, -0.15) is 0 Å². The third-order valence-corrected chi connectivity index (χ3v) is 6.77. The molecule has 174 valence electrons. The van der Waals surface area contributed by atoms with E-state index in [2.05, 4.69) is 38.3 Å². The van der Waals surface area contributed by atoms with Crippen molar-refractivity contribution in [3.05, 3.63) is 84.4 Å². The maximum atomic E-state index is 12.9. The van der Waals surface area contributed by atoms with Crippen LogP contribution < -0.4 is 0 Å². The quantitative estimate of drug-likeness (QED) is 0.362. The summed E-state index contributed by atoms with van der Waals surface area (Å²) in [7, 11) is 0. The number of furan rings is 1. The molecule has 0 unspecified atom stereocenters. The molecule has 0 atom stereocenters. The van der Waals surface area contributed by atoms with Gasteiger partial charge in [0.15, 0.2) is 10.9 Å². The van der Waals surface area contributed by atoms with E-state index in [1.807, 2.05) is 52.1 Å². The fourth-order valence-electron chi connectivity index (χ4n) is 4.01. The van der Waals surface area contributed by atoms with Gasteiger partial charge in [0.05, 0.1) is 18.6 Å². The largest absolute Gasteiger partial charge is 0.461 e. The van der Waals surface area contributed by atoms with Crippen molar-refractivity contribution in [3.63, 3.8) is 0 Å². The van der Waals surface area contributed by atoms with Crippen molar-refractivity contribution >= 4 is 17.7 Å². The summed E-state index contributed by atoms with van der Waals surface area (Å²) in [6.07, 6.45) is 5.31. The van der Waals surface area contributed by atoms with Crippen molar-refractivity contribution in [2.45, 2.75) is 18.2 Å². The second-order valence-electron chi connectivity index (χ2n) is 8.16. The predicted octanol–water partition coefficient (Wildman–Crippen LogP) is 3.42. The van der Waals surface area contributed by atoms with Crippen LogP contribution in [0.5, 0.6) is 0 Å². The Kier molecular flexibility index (Phi) is 7.02. The topological polar surface area (TPSA) is 80.3 Å². The highest BCUT2D eigenvalue weighted by Crippen LogP contribution is 2.26. The van der Waals surface area contributed by atoms with Crippen molar-refractivity contribution in [1.29, 1.82) is 0 Å². The van der Waals surface area contributed by atoms with Gasteiger partial charge in [0.25, 0.3) is 0 Å². The smallest absolute Gasteiger partial charge is 0.233 e. The van der Waals surface area contributed by atoms with E-state index in [1.54, 1.807) is 12.5 Å². The number of aromatic nitrogens is 4. The summed E-state index contributed by atoms with van der Waals surface area (Å²) in [6, 6.07) is 17.9. The fourth-order valence-corrected chi connectivity index (χ4v) is 4.86. The van der Waals surface area contributed by atoms with Gasteiger partial charge in [-0.15, -0.1) is 10.2 Å². The maximum Gasteiger partial charge on any atom is 0.233 e. The number of pyridine rings is 1. The molecular formula is C25H26N6O2S. The maximum absolute atomic E-state index is 12.9. The van der Waals surface area contributed by atoms with Gasteiger partial charge in [-0.05, 0) is 29.3 Å². The van der Waals surface area contributed by atoms with Crippen LogP contribution in [0.4, 0.5) is 0 Å². The van der Waals surface area contributed by atoms with Crippen LogP contribution in [0, 0.1) is 0 Å². The zero-order valence-electron chi connectivity index (χ0n) is 18.8. The fraction of sp³-hybridized carbons (Fsp3) is 0.280. The summed E-state index contributed by atoms with van der Waals surface area (Å²) in [6.45, 7) is 4.65. The number of benzene rings is 1. The molecule has 0 bridgehead atoms. The van der Waals surface area contributed by atoms with E-state index in [1.165, 1.54) is 17.3 Å². The van der Waals surface area contributed by atoms with Crippen LogP contribution in [0.1, 0.15) is 11.1 Å². The third kappa shape index (κ3) is 5.37. The Balaban J connectivity index is 1.20. The van der Waals surface area contributed by atoms with E-state index in [0.29, 0.717) is 29.0 Å². The van der Waals surface area contributed by atoms with Gasteiger partial charge in [0, 0.05) is 45.1 Å². The first-order valence-corrected chi connectivity index (χ1v) is 12.3. The van der Waals surface area contributed by atoms with E-state index in [-0.39, 0.29) is 5.91 Å². The third-order valence-electron chi connectivity index (χ3n) is 5.82. The summed E-state index contributed by atoms with van der Waals surface area (Å²) >= 11 is 1.42. The summed E-state index contributed by atoms with van der Waals surface area (Å²) < 4.78 is 7.58. The van der Waals surface area contributed by atoms with Gasteiger partial charge >= 0.3 is 0 Å². The molecule has 34 heavy (non-hydrogen) atoms. The number of hydrogen-bond acceptors (Lipinski definition) is 7. The van der Waals surface area contributed by atoms with Crippen LogP contribution in [-0.2, 0) is 17.9 Å². The van der Waals surface area contributed by atoms with E-state index in [9.17, 15) is 4.79 Å². The van der Waals surface area contributed by atoms with Crippen molar-refractivity contribution in [2.75, 3.05) is 31.9 Å². The molecule has 1 fully saturated rings. The summed E-state index contributed by atoms with van der Waals surface area (Å²) in [5, 5.41) is 9.44. The van der Waals surface area contributed by atoms with Gasteiger partial charge in [0.2, 0.25) is 11.7 Å². The van der Waals surface area contributed by atoms with Gasteiger partial charge in [-0.25, -0.2) is 0 Å². The van der Waals surface area contributed by atoms with Crippen molar-refractivity contribution in [1.82, 2.24) is 29.5 Å². The molecule has 4 aromatic rings. The van der Waals surface area contributed by atoms with Crippen LogP contribution in [-0.4, -0.2) is 67.4 Å². The van der Waals surface area contributed by atoms with Gasteiger partial charge in [0.1, 0.15) is 0 Å². The molecule has 1 aromatic carbocycles. The molecule has 1 aliphatic heterocycles. The lowest BCUT2D eigenvalue weighted by Crippen LogP contribution is -2.48. The number of thioether (sulfide) groups is 1. The molecular weight excluding hydrogens is 448 g/mol. The van der Waals surface area contributed by atoms with Crippen molar-refractivity contribution in [3.8, 4) is 11.6 Å². The molecule has 0 N–H and O–H groups in total. The molecule has 5 rings (SSSR count). The summed E-state index contributed by atoms with van der Waals surface area (Å²) in [5.74, 6) is 1.77. The number of amides is 1. The first kappa shape index (κ1) is 22.4. The molecule has 0 aliphatic carbocycles. The molecule has 1 saturated heterocycles. The van der Waals surface area contributed by atoms with E-state index >= 15 is 0 Å². The first-order chi connectivity index (χ1) is 16.8. The Hall–Kier alpha value is -3.43. The van der Waals surface area contributed by atoms with Crippen LogP contribution >= 0.6 is 11.8 Å². The minimum Gasteiger partial charge on any atom is -0.461 e. The number of carbonyl (C=O) groups is 1. The Labute approximate surface area is 202 Å². The zero-order valence-corrected chi connectivity index (χ0v) is 19.6. The van der Waals surface area contributed by atoms with E-state index < -0.39 is 0 Å². The SMILES string of the molecule is O=C(CSc1nnc(-c2ccco2)n1Cc1ccccc1)N1CCN(Cc2cccnc2)CC1. The van der Waals surface area contributed by atoms with Crippen LogP contribution in [0.2, 0.25) is 0 Å². The van der Waals surface area contributed by atoms with Crippen LogP contribution in [0.15, 0.2) is 82.8 Å². The number of nitrogens with zero attached hydrogens (tertiary/aromatic N) is 6. The monoisotopic (exact) mass is 474 g/mol. The molecule has 8 nitrogen and oxygen atoms in total. The number of piperazine rings is 1. The molecule has 0 spiro atoms. The molecule has 1 aliphatic rings. The summed E-state index contributed by atoms with van der Waals surface area (Å²) in [4.78, 5) is 21.4. The van der Waals surface area contributed by atoms with Gasteiger partial charge < -0.3 is 9.32 Å². The second kappa shape index (κ2) is 10.7. The highest BCUT2D eigenvalue weighted by molar-refractivity contribution is 7.99. The number of hydrogen-bond donors (Lipinski definition) is 0. The van der Waals surface area contributed by atoms with Gasteiger partial charge in [-0.3, -0.25) is 19.2 Å². The van der Waals surface area contributed by atoms with Crippen LogP contribution in [0.3, 0.4) is 0 Å². The number of rotatable bonds is 8. The highest BCUT2D eigenvalue weighted by Gasteiger charge is 2.23. The summed E-state index contributed by atoms with van der Waals surface area (Å²) in [5.41, 5.74) is 2.33. The lowest BCUT2D eigenvalue weighted by molar-refractivity contribution is -0.130. The van der Waals surface area contributed by atoms with E-state index in [4.69, 9.17) is 4.42 Å². The average molecular weight is 475 g/mol. The van der Waals surface area contributed by atoms with Crippen molar-refractivity contribution in [2.24, 2.45) is 0 Å². The van der Waals surface area contributed by atoms with E-state index in [0.717, 1.165) is 38.3 Å². The Morgan fingerprint density at radius 2 is 1.74 bits per heavy atom. The first-order valence-electron chi connectivity index (χ1n) is 11.3. The van der Waals surface area contributed by atoms with Crippen LogP contribution in [0.25, 0.3) is 11.6 Å². The normalized spacial score (nSPS) is 14.4. The highest BCUT2D eigenvalue weighted by atomic mass is 32.2. The molecule has 0 saturated carbocycles. The molecule has 4 heterocycles. The standard InChI is InChI=1S/C25H26N6O2S/c32-23(30-13-11-29(12-14-30)17-21-8-4-10-26-16-21)19-34-25-28-27-24(22-9-5-15-33-22)31(25)18-20-6-2-1-3-7-20/h1-10,15-16H,11-14,17-19H2. The second-order valence-corrected chi connectivity index (χ2v) is 9.10. The minimum atomic E-state index is 0.125. The Morgan fingerprint density at radius 3 is 2.47 bits per heavy atom. The molecule has 0 radical (unpaired) electrons. The average Bonchev–Trinajstić information content (AvgIpc) is 3.54. The zero-order chi connectivity index (χ0) is 23.2. The molecule has 1 amide bonds. The molecule has 9 heteroatoms.